The van der Waals surface area contributed by atoms with Gasteiger partial charge in [0.25, 0.3) is 5.69 Å². The minimum Gasteiger partial charge on any atom is -0.459 e. The van der Waals surface area contributed by atoms with Crippen molar-refractivity contribution in [3.63, 3.8) is 0 Å². The van der Waals surface area contributed by atoms with E-state index in [-0.39, 0.29) is 23.7 Å². The third-order valence-electron chi connectivity index (χ3n) is 5.84. The molecule has 2 atom stereocenters. The summed E-state index contributed by atoms with van der Waals surface area (Å²) in [5.41, 5.74) is 3.04. The summed E-state index contributed by atoms with van der Waals surface area (Å²) in [6, 6.07) is 22.4. The number of pyridine rings is 1. The van der Waals surface area contributed by atoms with Crippen molar-refractivity contribution in [2.45, 2.75) is 19.0 Å². The molecule has 4 aromatic rings. The zero-order chi connectivity index (χ0) is 25.2. The second-order valence-electron chi connectivity index (χ2n) is 8.23. The Morgan fingerprint density at radius 1 is 1.08 bits per heavy atom. The number of anilines is 2. The van der Waals surface area contributed by atoms with Crippen LogP contribution in [-0.2, 0) is 4.79 Å². The number of nitrogens with one attached hydrogen (secondary N) is 2. The van der Waals surface area contributed by atoms with Gasteiger partial charge in [-0.15, -0.1) is 0 Å². The maximum Gasteiger partial charge on any atom is 0.269 e. The maximum atomic E-state index is 11.4. The Labute approximate surface area is 211 Å². The van der Waals surface area contributed by atoms with E-state index in [9.17, 15) is 14.9 Å². The van der Waals surface area contributed by atoms with Crippen LogP contribution in [0.5, 0.6) is 0 Å². The highest BCUT2D eigenvalue weighted by Crippen LogP contribution is 2.43. The van der Waals surface area contributed by atoms with Crippen molar-refractivity contribution in [2.24, 2.45) is 0 Å². The molecule has 180 valence electrons. The lowest BCUT2D eigenvalue weighted by molar-refractivity contribution is -0.384. The lowest BCUT2D eigenvalue weighted by atomic mass is 10.0. The van der Waals surface area contributed by atoms with E-state index >= 15 is 0 Å². The van der Waals surface area contributed by atoms with Crippen LogP contribution in [0.1, 0.15) is 30.5 Å². The van der Waals surface area contributed by atoms with Crippen molar-refractivity contribution in [3.05, 3.63) is 107 Å². The fourth-order valence-electron chi connectivity index (χ4n) is 4.24. The van der Waals surface area contributed by atoms with Crippen molar-refractivity contribution in [2.75, 3.05) is 10.2 Å². The molecule has 0 saturated carbocycles. The second kappa shape index (κ2) is 9.59. The number of aromatic nitrogens is 1. The third-order valence-corrected chi connectivity index (χ3v) is 6.16. The molecule has 1 aliphatic rings. The number of benzene rings is 2. The van der Waals surface area contributed by atoms with E-state index in [0.717, 1.165) is 16.9 Å². The van der Waals surface area contributed by atoms with Crippen LogP contribution in [0.3, 0.4) is 0 Å². The summed E-state index contributed by atoms with van der Waals surface area (Å²) in [5.74, 6) is 1.08. The monoisotopic (exact) mass is 499 g/mol. The molecular formula is C26H21N5O4S. The van der Waals surface area contributed by atoms with Crippen LogP contribution in [0.4, 0.5) is 17.1 Å². The Bertz CT molecular complexity index is 1420. The predicted molar refractivity (Wildman–Crippen MR) is 139 cm³/mol. The van der Waals surface area contributed by atoms with Gasteiger partial charge in [0.15, 0.2) is 5.11 Å². The number of nitro groups is 1. The molecular weight excluding hydrogens is 478 g/mol. The zero-order valence-corrected chi connectivity index (χ0v) is 19.9. The normalized spacial score (nSPS) is 17.0. The van der Waals surface area contributed by atoms with Gasteiger partial charge in [-0.1, -0.05) is 6.07 Å². The van der Waals surface area contributed by atoms with Crippen LogP contribution < -0.4 is 15.5 Å². The third kappa shape index (κ3) is 4.53. The van der Waals surface area contributed by atoms with E-state index < -0.39 is 4.92 Å². The molecule has 1 amide bonds. The van der Waals surface area contributed by atoms with Crippen LogP contribution in [0.15, 0.2) is 89.5 Å². The number of hydrogen-bond donors (Lipinski definition) is 2. The van der Waals surface area contributed by atoms with E-state index in [1.165, 1.54) is 19.1 Å². The van der Waals surface area contributed by atoms with Crippen molar-refractivity contribution >= 4 is 40.3 Å². The quantitative estimate of drug-likeness (QED) is 0.206. The molecule has 36 heavy (non-hydrogen) atoms. The Balaban J connectivity index is 1.53. The van der Waals surface area contributed by atoms with Gasteiger partial charge in [-0.05, 0) is 72.9 Å². The first kappa shape index (κ1) is 23.2. The topological polar surface area (TPSA) is 114 Å². The van der Waals surface area contributed by atoms with Gasteiger partial charge in [0.1, 0.15) is 17.6 Å². The fourth-order valence-corrected chi connectivity index (χ4v) is 4.59. The number of carbonyl (C=O) groups is 1. The Hall–Kier alpha value is -4.57. The van der Waals surface area contributed by atoms with E-state index in [4.69, 9.17) is 16.6 Å². The van der Waals surface area contributed by atoms with Crippen molar-refractivity contribution in [1.82, 2.24) is 10.3 Å². The zero-order valence-electron chi connectivity index (χ0n) is 19.1. The van der Waals surface area contributed by atoms with E-state index in [1.807, 2.05) is 59.5 Å². The van der Waals surface area contributed by atoms with Gasteiger partial charge >= 0.3 is 0 Å². The number of nitrogens with zero attached hydrogens (tertiary/aromatic N) is 3. The number of nitro benzene ring substituents is 1. The average Bonchev–Trinajstić information content (AvgIpc) is 3.49. The van der Waals surface area contributed by atoms with Crippen LogP contribution in [0, 0.1) is 10.1 Å². The van der Waals surface area contributed by atoms with Gasteiger partial charge in [-0.3, -0.25) is 19.9 Å². The molecule has 2 aromatic carbocycles. The molecule has 1 saturated heterocycles. The van der Waals surface area contributed by atoms with Crippen molar-refractivity contribution < 1.29 is 14.1 Å². The highest BCUT2D eigenvalue weighted by molar-refractivity contribution is 7.80. The highest BCUT2D eigenvalue weighted by Gasteiger charge is 2.42. The van der Waals surface area contributed by atoms with Crippen LogP contribution in [-0.4, -0.2) is 20.9 Å². The molecule has 2 N–H and O–H groups in total. The summed E-state index contributed by atoms with van der Waals surface area (Å²) in [6.45, 7) is 1.46. The number of carbonyl (C=O) groups excluding carboxylic acids is 1. The summed E-state index contributed by atoms with van der Waals surface area (Å²) in [7, 11) is 0. The molecule has 0 aliphatic carbocycles. The predicted octanol–water partition coefficient (Wildman–Crippen LogP) is 5.39. The molecule has 1 fully saturated rings. The Morgan fingerprint density at radius 3 is 2.47 bits per heavy atom. The standard InChI is InChI=1S/C26H21N5O4S/c1-16(32)28-18-7-11-19(12-8-18)30-25(24(29-26(30)36)21-4-2-3-15-27-21)23-14-13-22(35-23)17-5-9-20(10-6-17)31(33)34/h2-15,24-25H,1H3,(H,28,32)(H,29,36)/t24-,25+/m1/s1. The molecule has 0 radical (unpaired) electrons. The summed E-state index contributed by atoms with van der Waals surface area (Å²) in [6.07, 6.45) is 1.73. The van der Waals surface area contributed by atoms with Crippen LogP contribution >= 0.6 is 12.2 Å². The first-order valence-electron chi connectivity index (χ1n) is 11.1. The number of amides is 1. The molecule has 0 bridgehead atoms. The Kier molecular flexibility index (Phi) is 6.17. The summed E-state index contributed by atoms with van der Waals surface area (Å²) in [5, 5.41) is 17.7. The molecule has 0 spiro atoms. The number of rotatable bonds is 6. The molecule has 9 nitrogen and oxygen atoms in total. The van der Waals surface area contributed by atoms with Gasteiger partial charge < -0.3 is 20.0 Å². The summed E-state index contributed by atoms with van der Waals surface area (Å²) < 4.78 is 6.29. The van der Waals surface area contributed by atoms with Crippen molar-refractivity contribution in [3.8, 4) is 11.3 Å². The van der Waals surface area contributed by atoms with E-state index in [1.54, 1.807) is 18.3 Å². The Morgan fingerprint density at radius 2 is 1.83 bits per heavy atom. The second-order valence-corrected chi connectivity index (χ2v) is 8.62. The average molecular weight is 500 g/mol. The molecule has 1 aliphatic heterocycles. The van der Waals surface area contributed by atoms with Crippen LogP contribution in [0.25, 0.3) is 11.3 Å². The summed E-state index contributed by atoms with van der Waals surface area (Å²) in [4.78, 5) is 28.5. The lowest BCUT2D eigenvalue weighted by Gasteiger charge is -2.26. The number of furan rings is 1. The first-order chi connectivity index (χ1) is 17.4. The molecule has 3 heterocycles. The molecule has 10 heteroatoms. The number of thiocarbonyl (C=S) groups is 1. The van der Waals surface area contributed by atoms with E-state index in [2.05, 4.69) is 15.6 Å². The molecule has 2 aromatic heterocycles. The van der Waals surface area contributed by atoms with E-state index in [0.29, 0.717) is 22.3 Å². The SMILES string of the molecule is CC(=O)Nc1ccc(N2C(=S)N[C@H](c3ccccn3)[C@@H]2c2ccc(-c3ccc([N+](=O)[O-])cc3)o2)cc1. The van der Waals surface area contributed by atoms with Crippen LogP contribution in [0.2, 0.25) is 0 Å². The number of non-ortho nitro benzene ring substituents is 1. The van der Waals surface area contributed by atoms with Gasteiger partial charge in [-0.25, -0.2) is 0 Å². The summed E-state index contributed by atoms with van der Waals surface area (Å²) >= 11 is 5.73. The van der Waals surface area contributed by atoms with Gasteiger partial charge in [-0.2, -0.15) is 0 Å². The molecule has 5 rings (SSSR count). The van der Waals surface area contributed by atoms with Gasteiger partial charge in [0.05, 0.1) is 16.7 Å². The number of hydrogen-bond acceptors (Lipinski definition) is 6. The van der Waals surface area contributed by atoms with Gasteiger partial charge in [0, 0.05) is 42.2 Å². The fraction of sp³-hybridized carbons (Fsp3) is 0.115. The van der Waals surface area contributed by atoms with Gasteiger partial charge in [0.2, 0.25) is 5.91 Å². The minimum atomic E-state index is -0.435. The lowest BCUT2D eigenvalue weighted by Crippen LogP contribution is -2.29. The van der Waals surface area contributed by atoms with Crippen molar-refractivity contribution in [1.29, 1.82) is 0 Å². The highest BCUT2D eigenvalue weighted by atomic mass is 32.1. The molecule has 0 unspecified atom stereocenters. The first-order valence-corrected chi connectivity index (χ1v) is 11.5. The minimum absolute atomic E-state index is 0.0139. The smallest absolute Gasteiger partial charge is 0.269 e. The maximum absolute atomic E-state index is 11.4. The largest absolute Gasteiger partial charge is 0.459 e.